The zero-order valence-corrected chi connectivity index (χ0v) is 11.6. The molecule has 0 radical (unpaired) electrons. The molecule has 1 aliphatic carbocycles. The van der Waals surface area contributed by atoms with Gasteiger partial charge in [0, 0.05) is 6.54 Å². The highest BCUT2D eigenvalue weighted by Gasteiger charge is 2.51. The van der Waals surface area contributed by atoms with E-state index in [-0.39, 0.29) is 18.4 Å². The number of hydrogen-bond acceptors (Lipinski definition) is 4. The molecule has 0 atom stereocenters. The summed E-state index contributed by atoms with van der Waals surface area (Å²) in [5, 5.41) is 5.43. The second-order valence-electron chi connectivity index (χ2n) is 5.46. The lowest BCUT2D eigenvalue weighted by atomic mass is 9.82. The van der Waals surface area contributed by atoms with Crippen molar-refractivity contribution in [3.63, 3.8) is 0 Å². The van der Waals surface area contributed by atoms with Gasteiger partial charge in [0.25, 0.3) is 5.91 Å². The van der Waals surface area contributed by atoms with Gasteiger partial charge in [-0.3, -0.25) is 14.5 Å². The van der Waals surface area contributed by atoms with Gasteiger partial charge in [-0.2, -0.15) is 0 Å². The van der Waals surface area contributed by atoms with Crippen LogP contribution in [0.15, 0.2) is 0 Å². The fourth-order valence-corrected chi connectivity index (χ4v) is 2.84. The molecule has 0 aromatic rings. The number of rotatable bonds is 5. The molecule has 0 aromatic heterocycles. The van der Waals surface area contributed by atoms with Crippen LogP contribution in [0.3, 0.4) is 0 Å². The quantitative estimate of drug-likeness (QED) is 0.476. The van der Waals surface area contributed by atoms with Crippen LogP contribution in [0.2, 0.25) is 0 Å². The molecule has 0 aromatic carbocycles. The predicted octanol–water partition coefficient (Wildman–Crippen LogP) is -0.294. The first-order valence-electron chi connectivity index (χ1n) is 7.20. The van der Waals surface area contributed by atoms with Crippen molar-refractivity contribution in [3.05, 3.63) is 0 Å². The highest BCUT2D eigenvalue weighted by molar-refractivity contribution is 6.09. The lowest BCUT2D eigenvalue weighted by molar-refractivity contribution is -0.135. The SMILES string of the molecule is NCCCNC(=O)CN1C(=O)NC2(CCCCC2)C1=O. The number of urea groups is 1. The van der Waals surface area contributed by atoms with Gasteiger partial charge >= 0.3 is 6.03 Å². The van der Waals surface area contributed by atoms with Crippen LogP contribution in [-0.2, 0) is 9.59 Å². The van der Waals surface area contributed by atoms with Gasteiger partial charge in [0.05, 0.1) is 0 Å². The summed E-state index contributed by atoms with van der Waals surface area (Å²) in [6.07, 6.45) is 4.97. The molecule has 2 aliphatic rings. The second-order valence-corrected chi connectivity index (χ2v) is 5.46. The number of carbonyl (C=O) groups excluding carboxylic acids is 3. The minimum Gasteiger partial charge on any atom is -0.354 e. The van der Waals surface area contributed by atoms with Crippen LogP contribution in [0.4, 0.5) is 4.79 Å². The molecule has 0 bridgehead atoms. The van der Waals surface area contributed by atoms with Gasteiger partial charge in [0.15, 0.2) is 0 Å². The van der Waals surface area contributed by atoms with Crippen molar-refractivity contribution in [1.29, 1.82) is 0 Å². The van der Waals surface area contributed by atoms with E-state index >= 15 is 0 Å². The molecule has 112 valence electrons. The van der Waals surface area contributed by atoms with Gasteiger partial charge in [0.2, 0.25) is 5.91 Å². The second kappa shape index (κ2) is 6.21. The average molecular weight is 282 g/mol. The summed E-state index contributed by atoms with van der Waals surface area (Å²) < 4.78 is 0. The van der Waals surface area contributed by atoms with E-state index in [9.17, 15) is 14.4 Å². The Hall–Kier alpha value is -1.63. The Morgan fingerprint density at radius 1 is 1.30 bits per heavy atom. The van der Waals surface area contributed by atoms with Crippen LogP contribution in [0.25, 0.3) is 0 Å². The molecule has 4 amide bonds. The summed E-state index contributed by atoms with van der Waals surface area (Å²) in [6.45, 7) is 0.744. The van der Waals surface area contributed by atoms with Crippen molar-refractivity contribution in [2.24, 2.45) is 5.73 Å². The maximum Gasteiger partial charge on any atom is 0.325 e. The maximum absolute atomic E-state index is 12.4. The van der Waals surface area contributed by atoms with Gasteiger partial charge in [-0.15, -0.1) is 0 Å². The number of nitrogens with one attached hydrogen (secondary N) is 2. The van der Waals surface area contributed by atoms with E-state index in [1.165, 1.54) is 0 Å². The lowest BCUT2D eigenvalue weighted by Crippen LogP contribution is -2.49. The number of amides is 4. The standard InChI is InChI=1S/C13H22N4O3/c14-7-4-8-15-10(18)9-17-11(19)13(16-12(17)20)5-2-1-3-6-13/h1-9,14H2,(H,15,18)(H,16,20). The normalized spacial score (nSPS) is 21.1. The zero-order valence-electron chi connectivity index (χ0n) is 11.6. The number of nitrogens with zero attached hydrogens (tertiary/aromatic N) is 1. The van der Waals surface area contributed by atoms with Gasteiger partial charge in [-0.25, -0.2) is 4.79 Å². The van der Waals surface area contributed by atoms with Crippen LogP contribution in [0, 0.1) is 0 Å². The fourth-order valence-electron chi connectivity index (χ4n) is 2.84. The van der Waals surface area contributed by atoms with E-state index in [1.807, 2.05) is 0 Å². The first kappa shape index (κ1) is 14.8. The number of hydrogen-bond donors (Lipinski definition) is 3. The molecule has 2 rings (SSSR count). The van der Waals surface area contributed by atoms with Gasteiger partial charge in [-0.1, -0.05) is 19.3 Å². The molecule has 4 N–H and O–H groups in total. The topological polar surface area (TPSA) is 105 Å². The first-order chi connectivity index (χ1) is 9.59. The van der Waals surface area contributed by atoms with Crippen molar-refractivity contribution in [2.75, 3.05) is 19.6 Å². The molecule has 20 heavy (non-hydrogen) atoms. The third-order valence-electron chi connectivity index (χ3n) is 3.96. The third-order valence-corrected chi connectivity index (χ3v) is 3.96. The molecule has 7 nitrogen and oxygen atoms in total. The average Bonchev–Trinajstić information content (AvgIpc) is 2.65. The molecule has 1 saturated heterocycles. The Morgan fingerprint density at radius 2 is 2.00 bits per heavy atom. The maximum atomic E-state index is 12.4. The molecule has 1 heterocycles. The predicted molar refractivity (Wildman–Crippen MR) is 72.7 cm³/mol. The summed E-state index contributed by atoms with van der Waals surface area (Å²) in [6, 6.07) is -0.453. The zero-order chi connectivity index (χ0) is 14.6. The number of imide groups is 1. The molecule has 1 spiro atoms. The van der Waals surface area contributed by atoms with E-state index in [1.54, 1.807) is 0 Å². The van der Waals surface area contributed by atoms with Crippen molar-refractivity contribution < 1.29 is 14.4 Å². The summed E-state index contributed by atoms with van der Waals surface area (Å²) >= 11 is 0. The first-order valence-corrected chi connectivity index (χ1v) is 7.20. The molecular formula is C13H22N4O3. The highest BCUT2D eigenvalue weighted by Crippen LogP contribution is 2.33. The van der Waals surface area contributed by atoms with Gasteiger partial charge < -0.3 is 16.4 Å². The molecule has 1 saturated carbocycles. The van der Waals surface area contributed by atoms with E-state index in [2.05, 4.69) is 10.6 Å². The van der Waals surface area contributed by atoms with E-state index in [4.69, 9.17) is 5.73 Å². The Bertz CT molecular complexity index is 404. The lowest BCUT2D eigenvalue weighted by Gasteiger charge is -2.30. The summed E-state index contributed by atoms with van der Waals surface area (Å²) in [5.74, 6) is -0.578. The monoisotopic (exact) mass is 282 g/mol. The van der Waals surface area contributed by atoms with Gasteiger partial charge in [-0.05, 0) is 25.8 Å². The minimum absolute atomic E-state index is 0.211. The van der Waals surface area contributed by atoms with Crippen LogP contribution >= 0.6 is 0 Å². The molecule has 2 fully saturated rings. The van der Waals surface area contributed by atoms with Crippen molar-refractivity contribution in [1.82, 2.24) is 15.5 Å². The van der Waals surface area contributed by atoms with Crippen LogP contribution in [-0.4, -0.2) is 47.9 Å². The fraction of sp³-hybridized carbons (Fsp3) is 0.769. The summed E-state index contributed by atoms with van der Waals surface area (Å²) in [5.41, 5.74) is 4.58. The number of carbonyl (C=O) groups is 3. The number of nitrogens with two attached hydrogens (primary N) is 1. The smallest absolute Gasteiger partial charge is 0.325 e. The Morgan fingerprint density at radius 3 is 2.65 bits per heavy atom. The van der Waals surface area contributed by atoms with Crippen molar-refractivity contribution in [2.45, 2.75) is 44.1 Å². The highest BCUT2D eigenvalue weighted by atomic mass is 16.2. The molecular weight excluding hydrogens is 260 g/mol. The Labute approximate surface area is 118 Å². The molecule has 7 heteroatoms. The Kier molecular flexibility index (Phi) is 4.59. The van der Waals surface area contributed by atoms with Crippen molar-refractivity contribution in [3.8, 4) is 0 Å². The molecule has 0 unspecified atom stereocenters. The summed E-state index contributed by atoms with van der Waals surface area (Å²) in [4.78, 5) is 37.1. The third kappa shape index (κ3) is 2.92. The minimum atomic E-state index is -0.757. The Balaban J connectivity index is 1.93. The van der Waals surface area contributed by atoms with Crippen LogP contribution < -0.4 is 16.4 Å². The van der Waals surface area contributed by atoms with Gasteiger partial charge in [0.1, 0.15) is 12.1 Å². The summed E-state index contributed by atoms with van der Waals surface area (Å²) in [7, 11) is 0. The largest absolute Gasteiger partial charge is 0.354 e. The van der Waals surface area contributed by atoms with E-state index in [0.717, 1.165) is 24.2 Å². The van der Waals surface area contributed by atoms with Crippen molar-refractivity contribution >= 4 is 17.8 Å². The van der Waals surface area contributed by atoms with Crippen LogP contribution in [0.1, 0.15) is 38.5 Å². The van der Waals surface area contributed by atoms with Crippen LogP contribution in [0.5, 0.6) is 0 Å². The van der Waals surface area contributed by atoms with E-state index in [0.29, 0.717) is 32.4 Å². The molecule has 1 aliphatic heterocycles. The van der Waals surface area contributed by atoms with E-state index < -0.39 is 11.6 Å².